The van der Waals surface area contributed by atoms with Gasteiger partial charge in [0.2, 0.25) is 0 Å². The third-order valence-corrected chi connectivity index (χ3v) is 4.19. The van der Waals surface area contributed by atoms with Gasteiger partial charge in [-0.25, -0.2) is 14.6 Å². The number of rotatable bonds is 3. The Labute approximate surface area is 139 Å². The van der Waals surface area contributed by atoms with E-state index in [2.05, 4.69) is 20.1 Å². The van der Waals surface area contributed by atoms with Crippen molar-refractivity contribution in [1.29, 1.82) is 0 Å². The molecule has 24 heavy (non-hydrogen) atoms. The van der Waals surface area contributed by atoms with E-state index in [0.717, 1.165) is 25.1 Å². The highest BCUT2D eigenvalue weighted by Crippen LogP contribution is 2.31. The Hall–Kier alpha value is -3.09. The maximum atomic E-state index is 13.0. The van der Waals surface area contributed by atoms with Gasteiger partial charge in [-0.3, -0.25) is 9.78 Å². The molecule has 0 bridgehead atoms. The summed E-state index contributed by atoms with van der Waals surface area (Å²) in [5.74, 6) is 0.568. The summed E-state index contributed by atoms with van der Waals surface area (Å²) in [5, 5.41) is 4.06. The van der Waals surface area contributed by atoms with Gasteiger partial charge in [0.1, 0.15) is 12.7 Å². The molecule has 0 aliphatic carbocycles. The predicted molar refractivity (Wildman–Crippen MR) is 86.4 cm³/mol. The molecular weight excluding hydrogens is 304 g/mol. The van der Waals surface area contributed by atoms with E-state index in [1.54, 1.807) is 30.9 Å². The van der Waals surface area contributed by atoms with Crippen molar-refractivity contribution >= 4 is 5.91 Å². The van der Waals surface area contributed by atoms with E-state index < -0.39 is 0 Å². The number of amides is 1. The van der Waals surface area contributed by atoms with E-state index >= 15 is 0 Å². The van der Waals surface area contributed by atoms with Gasteiger partial charge in [0.25, 0.3) is 5.91 Å². The maximum absolute atomic E-state index is 13.0. The van der Waals surface area contributed by atoms with Gasteiger partial charge in [-0.1, -0.05) is 6.07 Å². The van der Waals surface area contributed by atoms with Crippen LogP contribution in [0.15, 0.2) is 55.4 Å². The van der Waals surface area contributed by atoms with Crippen LogP contribution in [-0.2, 0) is 0 Å². The van der Waals surface area contributed by atoms with Gasteiger partial charge in [0.05, 0.1) is 11.7 Å². The van der Waals surface area contributed by atoms with Crippen LogP contribution in [0.4, 0.5) is 0 Å². The summed E-state index contributed by atoms with van der Waals surface area (Å²) in [6.07, 6.45) is 8.30. The molecule has 1 atom stereocenters. The fourth-order valence-electron chi connectivity index (χ4n) is 3.06. The lowest BCUT2D eigenvalue weighted by molar-refractivity contribution is 0.0732. The number of aromatic nitrogens is 5. The predicted octanol–water partition coefficient (Wildman–Crippen LogP) is 2.03. The third-order valence-electron chi connectivity index (χ3n) is 4.19. The Morgan fingerprint density at radius 3 is 2.92 bits per heavy atom. The molecule has 1 aliphatic rings. The van der Waals surface area contributed by atoms with Crippen LogP contribution in [-0.4, -0.2) is 42.1 Å². The second-order valence-electron chi connectivity index (χ2n) is 5.65. The molecule has 1 saturated heterocycles. The molecule has 1 aliphatic heterocycles. The lowest BCUT2D eigenvalue weighted by Gasteiger charge is -2.24. The average molecular weight is 320 g/mol. The summed E-state index contributed by atoms with van der Waals surface area (Å²) in [7, 11) is 0. The molecule has 0 radical (unpaired) electrons. The van der Waals surface area contributed by atoms with Crippen molar-refractivity contribution in [3.05, 3.63) is 66.6 Å². The summed E-state index contributed by atoms with van der Waals surface area (Å²) in [5.41, 5.74) is 1.53. The summed E-state index contributed by atoms with van der Waals surface area (Å²) in [6, 6.07) is 9.32. The number of hydrogen-bond acceptors (Lipinski definition) is 5. The SMILES string of the molecule is O=C(c1ccnc(-n2cncn2)c1)N1CCCC1c1ccccn1. The van der Waals surface area contributed by atoms with Gasteiger partial charge in [-0.15, -0.1) is 0 Å². The largest absolute Gasteiger partial charge is 0.330 e. The van der Waals surface area contributed by atoms with Crippen LogP contribution in [0.5, 0.6) is 0 Å². The zero-order chi connectivity index (χ0) is 16.4. The molecule has 4 rings (SSSR count). The van der Waals surface area contributed by atoms with Gasteiger partial charge >= 0.3 is 0 Å². The fraction of sp³-hybridized carbons (Fsp3) is 0.235. The van der Waals surface area contributed by atoms with Crippen molar-refractivity contribution in [3.63, 3.8) is 0 Å². The highest BCUT2D eigenvalue weighted by atomic mass is 16.2. The van der Waals surface area contributed by atoms with Crippen LogP contribution >= 0.6 is 0 Å². The van der Waals surface area contributed by atoms with E-state index in [-0.39, 0.29) is 11.9 Å². The van der Waals surface area contributed by atoms with Crippen molar-refractivity contribution in [2.75, 3.05) is 6.54 Å². The van der Waals surface area contributed by atoms with Crippen LogP contribution in [0.1, 0.15) is 34.9 Å². The van der Waals surface area contributed by atoms with Crippen LogP contribution in [0.25, 0.3) is 5.82 Å². The van der Waals surface area contributed by atoms with E-state index in [1.165, 1.54) is 11.0 Å². The van der Waals surface area contributed by atoms with E-state index in [4.69, 9.17) is 0 Å². The maximum Gasteiger partial charge on any atom is 0.254 e. The highest BCUT2D eigenvalue weighted by Gasteiger charge is 2.31. The first kappa shape index (κ1) is 14.5. The van der Waals surface area contributed by atoms with E-state index in [9.17, 15) is 4.79 Å². The molecular formula is C17H16N6O. The zero-order valence-electron chi connectivity index (χ0n) is 13.0. The standard InChI is InChI=1S/C17H16N6O/c24-17(13-6-8-20-16(10-13)23-12-18-11-21-23)22-9-3-5-15(22)14-4-1-2-7-19-14/h1-2,4,6-8,10-12,15H,3,5,9H2. The minimum absolute atomic E-state index is 0.00748. The Kier molecular flexibility index (Phi) is 3.74. The monoisotopic (exact) mass is 320 g/mol. The van der Waals surface area contributed by atoms with Gasteiger partial charge < -0.3 is 4.90 Å². The van der Waals surface area contributed by atoms with Gasteiger partial charge in [0, 0.05) is 24.5 Å². The van der Waals surface area contributed by atoms with Gasteiger partial charge in [-0.2, -0.15) is 5.10 Å². The number of nitrogens with zero attached hydrogens (tertiary/aromatic N) is 6. The summed E-state index contributed by atoms with van der Waals surface area (Å²) in [6.45, 7) is 0.737. The lowest BCUT2D eigenvalue weighted by Crippen LogP contribution is -2.31. The summed E-state index contributed by atoms with van der Waals surface area (Å²) >= 11 is 0. The number of likely N-dealkylation sites (tertiary alicyclic amines) is 1. The van der Waals surface area contributed by atoms with Crippen molar-refractivity contribution in [2.24, 2.45) is 0 Å². The molecule has 7 nitrogen and oxygen atoms in total. The smallest absolute Gasteiger partial charge is 0.254 e. The molecule has 120 valence electrons. The lowest BCUT2D eigenvalue weighted by atomic mass is 10.1. The molecule has 3 aromatic rings. The third kappa shape index (κ3) is 2.64. The average Bonchev–Trinajstić information content (AvgIpc) is 3.34. The topological polar surface area (TPSA) is 76.8 Å². The molecule has 0 aromatic carbocycles. The first-order chi connectivity index (χ1) is 11.8. The quantitative estimate of drug-likeness (QED) is 0.738. The molecule has 4 heterocycles. The molecule has 3 aromatic heterocycles. The summed E-state index contributed by atoms with van der Waals surface area (Å²) in [4.78, 5) is 27.4. The normalized spacial score (nSPS) is 17.2. The number of carbonyl (C=O) groups is 1. The number of carbonyl (C=O) groups excluding carboxylic acids is 1. The minimum atomic E-state index is -0.00748. The molecule has 0 spiro atoms. The first-order valence-electron chi connectivity index (χ1n) is 7.86. The van der Waals surface area contributed by atoms with Crippen molar-refractivity contribution in [2.45, 2.75) is 18.9 Å². The minimum Gasteiger partial charge on any atom is -0.330 e. The molecule has 0 N–H and O–H groups in total. The molecule has 7 heteroatoms. The van der Waals surface area contributed by atoms with E-state index in [0.29, 0.717) is 11.4 Å². The first-order valence-corrected chi connectivity index (χ1v) is 7.86. The second-order valence-corrected chi connectivity index (χ2v) is 5.65. The molecule has 1 unspecified atom stereocenters. The molecule has 1 amide bonds. The molecule has 1 fully saturated rings. The highest BCUT2D eigenvalue weighted by molar-refractivity contribution is 5.95. The van der Waals surface area contributed by atoms with Gasteiger partial charge in [0.15, 0.2) is 5.82 Å². The van der Waals surface area contributed by atoms with E-state index in [1.807, 2.05) is 23.1 Å². The van der Waals surface area contributed by atoms with Crippen LogP contribution in [0.2, 0.25) is 0 Å². The Bertz CT molecular complexity index is 833. The van der Waals surface area contributed by atoms with Crippen LogP contribution < -0.4 is 0 Å². The fourth-order valence-corrected chi connectivity index (χ4v) is 3.06. The van der Waals surface area contributed by atoms with Gasteiger partial charge in [-0.05, 0) is 37.1 Å². The number of pyridine rings is 2. The van der Waals surface area contributed by atoms with Crippen LogP contribution in [0.3, 0.4) is 0 Å². The van der Waals surface area contributed by atoms with Crippen molar-refractivity contribution in [3.8, 4) is 5.82 Å². The summed E-state index contributed by atoms with van der Waals surface area (Å²) < 4.78 is 1.54. The number of hydrogen-bond donors (Lipinski definition) is 0. The van der Waals surface area contributed by atoms with Crippen molar-refractivity contribution < 1.29 is 4.79 Å². The Balaban J connectivity index is 1.62. The van der Waals surface area contributed by atoms with Crippen LogP contribution in [0, 0.1) is 0 Å². The Morgan fingerprint density at radius 2 is 2.12 bits per heavy atom. The second kappa shape index (κ2) is 6.19. The Morgan fingerprint density at radius 1 is 1.17 bits per heavy atom. The molecule has 0 saturated carbocycles. The van der Waals surface area contributed by atoms with Crippen molar-refractivity contribution in [1.82, 2.24) is 29.6 Å². The zero-order valence-corrected chi connectivity index (χ0v) is 13.0.